The molecular formula is C19H26ClN3O2S. The van der Waals surface area contributed by atoms with Gasteiger partial charge >= 0.3 is 0 Å². The molecule has 0 aliphatic rings. The van der Waals surface area contributed by atoms with Gasteiger partial charge in [0.2, 0.25) is 11.8 Å². The van der Waals surface area contributed by atoms with E-state index < -0.39 is 0 Å². The number of aromatic nitrogens is 1. The Labute approximate surface area is 164 Å². The van der Waals surface area contributed by atoms with Crippen LogP contribution in [0.25, 0.3) is 11.3 Å². The molecule has 1 aromatic carbocycles. The normalized spacial score (nSPS) is 13.6. The maximum Gasteiger partial charge on any atom is 0.233 e. The lowest BCUT2D eigenvalue weighted by Gasteiger charge is -2.20. The Morgan fingerprint density at radius 1 is 1.31 bits per heavy atom. The average Bonchev–Trinajstić information content (AvgIpc) is 3.08. The van der Waals surface area contributed by atoms with E-state index in [9.17, 15) is 4.79 Å². The van der Waals surface area contributed by atoms with Crippen LogP contribution in [-0.4, -0.2) is 28.7 Å². The molecule has 142 valence electrons. The zero-order valence-electron chi connectivity index (χ0n) is 15.4. The topological polar surface area (TPSA) is 81.1 Å². The Kier molecular flexibility index (Phi) is 8.00. The van der Waals surface area contributed by atoms with Crippen LogP contribution in [0, 0.1) is 5.92 Å². The first-order valence-electron chi connectivity index (χ1n) is 8.71. The Morgan fingerprint density at radius 3 is 2.62 bits per heavy atom. The minimum atomic E-state index is -0.206. The highest BCUT2D eigenvalue weighted by molar-refractivity contribution is 7.99. The molecule has 0 fully saturated rings. The van der Waals surface area contributed by atoms with Crippen LogP contribution in [0.15, 0.2) is 34.9 Å². The van der Waals surface area contributed by atoms with Crippen LogP contribution < -0.4 is 11.1 Å². The van der Waals surface area contributed by atoms with E-state index in [0.29, 0.717) is 34.9 Å². The summed E-state index contributed by atoms with van der Waals surface area (Å²) in [5.41, 5.74) is 6.67. The first kappa shape index (κ1) is 20.8. The molecular weight excluding hydrogens is 370 g/mol. The van der Waals surface area contributed by atoms with Crippen LogP contribution in [0.4, 0.5) is 0 Å². The van der Waals surface area contributed by atoms with Gasteiger partial charge in [-0.15, -0.1) is 11.8 Å². The molecule has 1 amide bonds. The maximum absolute atomic E-state index is 12.3. The first-order chi connectivity index (χ1) is 12.4. The molecule has 5 nitrogen and oxygen atoms in total. The van der Waals surface area contributed by atoms with Crippen molar-refractivity contribution in [2.75, 3.05) is 6.54 Å². The number of nitrogens with one attached hydrogen (secondary N) is 1. The summed E-state index contributed by atoms with van der Waals surface area (Å²) in [5, 5.41) is 3.49. The largest absolute Gasteiger partial charge is 0.440 e. The Bertz CT molecular complexity index is 703. The Hall–Kier alpha value is -1.50. The minimum absolute atomic E-state index is 0.00409. The minimum Gasteiger partial charge on any atom is -0.440 e. The van der Waals surface area contributed by atoms with Gasteiger partial charge in [0.15, 0.2) is 5.76 Å². The lowest BCUT2D eigenvalue weighted by atomic mass is 10.0. The molecule has 0 spiro atoms. The third kappa shape index (κ3) is 6.34. The van der Waals surface area contributed by atoms with Crippen LogP contribution in [0.2, 0.25) is 5.02 Å². The van der Waals surface area contributed by atoms with Crippen molar-refractivity contribution in [1.29, 1.82) is 0 Å². The fraction of sp³-hybridized carbons (Fsp3) is 0.474. The van der Waals surface area contributed by atoms with Gasteiger partial charge in [-0.2, -0.15) is 0 Å². The number of hydrogen-bond acceptors (Lipinski definition) is 5. The molecule has 0 aliphatic heterocycles. The van der Waals surface area contributed by atoms with E-state index >= 15 is 0 Å². The van der Waals surface area contributed by atoms with Gasteiger partial charge in [-0.3, -0.25) is 4.79 Å². The lowest BCUT2D eigenvalue weighted by Crippen LogP contribution is -2.44. The third-order valence-electron chi connectivity index (χ3n) is 3.90. The first-order valence-corrected chi connectivity index (χ1v) is 10.1. The van der Waals surface area contributed by atoms with Crippen LogP contribution in [-0.2, 0) is 10.5 Å². The van der Waals surface area contributed by atoms with E-state index in [4.69, 9.17) is 21.8 Å². The van der Waals surface area contributed by atoms with Gasteiger partial charge in [0.05, 0.1) is 17.2 Å². The zero-order chi connectivity index (χ0) is 19.1. The fourth-order valence-corrected chi connectivity index (χ4v) is 3.37. The highest BCUT2D eigenvalue weighted by atomic mass is 35.5. The average molecular weight is 396 g/mol. The number of carbonyl (C=O) groups excluding carboxylic acids is 1. The molecule has 1 aromatic heterocycles. The Morgan fingerprint density at radius 2 is 2.00 bits per heavy atom. The van der Waals surface area contributed by atoms with E-state index in [1.807, 2.05) is 31.2 Å². The molecule has 2 aromatic rings. The third-order valence-corrected chi connectivity index (χ3v) is 5.27. The number of thioether (sulfide) groups is 1. The van der Waals surface area contributed by atoms with Crippen LogP contribution in [0.3, 0.4) is 0 Å². The molecule has 0 saturated carbocycles. The molecule has 0 saturated heterocycles. The van der Waals surface area contributed by atoms with Crippen LogP contribution in [0.1, 0.15) is 33.1 Å². The van der Waals surface area contributed by atoms with Crippen molar-refractivity contribution < 1.29 is 9.21 Å². The number of halogens is 1. The number of rotatable bonds is 9. The molecule has 26 heavy (non-hydrogen) atoms. The Balaban J connectivity index is 1.86. The van der Waals surface area contributed by atoms with Crippen LogP contribution in [0.5, 0.6) is 0 Å². The zero-order valence-corrected chi connectivity index (χ0v) is 16.9. The van der Waals surface area contributed by atoms with Gasteiger partial charge in [0.1, 0.15) is 0 Å². The summed E-state index contributed by atoms with van der Waals surface area (Å²) in [4.78, 5) is 16.6. The van der Waals surface area contributed by atoms with Crippen molar-refractivity contribution in [1.82, 2.24) is 10.3 Å². The summed E-state index contributed by atoms with van der Waals surface area (Å²) in [5.74, 6) is 2.30. The molecule has 2 atom stereocenters. The van der Waals surface area contributed by atoms with E-state index in [1.54, 1.807) is 6.20 Å². The number of nitrogens with two attached hydrogens (primary N) is 1. The monoisotopic (exact) mass is 395 g/mol. The molecule has 2 rings (SSSR count). The molecule has 0 radical (unpaired) electrons. The second-order valence-corrected chi connectivity index (χ2v) is 8.41. The molecule has 1 heterocycles. The van der Waals surface area contributed by atoms with Crippen molar-refractivity contribution in [3.05, 3.63) is 41.4 Å². The van der Waals surface area contributed by atoms with Crippen molar-refractivity contribution >= 4 is 29.3 Å². The fourth-order valence-electron chi connectivity index (χ4n) is 2.50. The van der Waals surface area contributed by atoms with Crippen LogP contribution >= 0.6 is 23.4 Å². The van der Waals surface area contributed by atoms with Gasteiger partial charge < -0.3 is 15.5 Å². The maximum atomic E-state index is 12.3. The molecule has 3 N–H and O–H groups in total. The van der Waals surface area contributed by atoms with Gasteiger partial charge in [-0.05, 0) is 43.5 Å². The number of nitrogens with zero attached hydrogens (tertiary/aromatic N) is 1. The van der Waals surface area contributed by atoms with Gasteiger partial charge in [-0.1, -0.05) is 25.4 Å². The summed E-state index contributed by atoms with van der Waals surface area (Å²) in [7, 11) is 0. The van der Waals surface area contributed by atoms with Gasteiger partial charge in [0, 0.05) is 23.2 Å². The smallest absolute Gasteiger partial charge is 0.233 e. The number of oxazole rings is 1. The predicted molar refractivity (Wildman–Crippen MR) is 108 cm³/mol. The second-order valence-electron chi connectivity index (χ2n) is 6.65. The number of benzene rings is 1. The number of amides is 1. The van der Waals surface area contributed by atoms with E-state index in [1.165, 1.54) is 11.8 Å². The van der Waals surface area contributed by atoms with Crippen molar-refractivity contribution in [2.45, 2.75) is 44.2 Å². The van der Waals surface area contributed by atoms with Crippen molar-refractivity contribution in [3.63, 3.8) is 0 Å². The molecule has 0 aliphatic carbocycles. The summed E-state index contributed by atoms with van der Waals surface area (Å²) < 4.78 is 5.77. The van der Waals surface area contributed by atoms with Gasteiger partial charge in [-0.25, -0.2) is 4.98 Å². The highest BCUT2D eigenvalue weighted by Crippen LogP contribution is 2.25. The number of hydrogen-bond donors (Lipinski definition) is 2. The lowest BCUT2D eigenvalue weighted by molar-refractivity contribution is -0.121. The predicted octanol–water partition coefficient (Wildman–Crippen LogP) is 4.11. The highest BCUT2D eigenvalue weighted by Gasteiger charge is 2.19. The molecule has 0 bridgehead atoms. The van der Waals surface area contributed by atoms with E-state index in [2.05, 4.69) is 24.1 Å². The summed E-state index contributed by atoms with van der Waals surface area (Å²) in [6.07, 6.45) is 2.57. The van der Waals surface area contributed by atoms with E-state index in [0.717, 1.165) is 12.0 Å². The summed E-state index contributed by atoms with van der Waals surface area (Å²) in [6.45, 7) is 6.57. The summed E-state index contributed by atoms with van der Waals surface area (Å²) in [6, 6.07) is 7.41. The molecule has 2 unspecified atom stereocenters. The van der Waals surface area contributed by atoms with Crippen molar-refractivity contribution in [2.24, 2.45) is 11.7 Å². The molecule has 7 heteroatoms. The quantitative estimate of drug-likeness (QED) is 0.667. The SMILES string of the molecule is CC(C)CC(CN)NC(=O)C(C)SCc1ncc(-c2ccc(Cl)cc2)o1. The second kappa shape index (κ2) is 10.00. The van der Waals surface area contributed by atoms with E-state index in [-0.39, 0.29) is 17.2 Å². The number of carbonyl (C=O) groups is 1. The van der Waals surface area contributed by atoms with Gasteiger partial charge in [0.25, 0.3) is 0 Å². The standard InChI is InChI=1S/C19H26ClN3O2S/c1-12(2)8-16(9-21)23-19(24)13(3)26-11-18-22-10-17(25-18)14-4-6-15(20)7-5-14/h4-7,10,12-13,16H,8-9,11,21H2,1-3H3,(H,23,24). The van der Waals surface area contributed by atoms with Crippen molar-refractivity contribution in [3.8, 4) is 11.3 Å². The summed E-state index contributed by atoms with van der Waals surface area (Å²) >= 11 is 7.39.